The molecular formula is C24H24N6O3S. The number of ether oxygens (including phenoxy) is 1. The van der Waals surface area contributed by atoms with Gasteiger partial charge in [0.2, 0.25) is 0 Å². The quantitative estimate of drug-likeness (QED) is 0.497. The van der Waals surface area contributed by atoms with Gasteiger partial charge in [-0.05, 0) is 52.8 Å². The number of pyridine rings is 2. The Balaban J connectivity index is 1.74. The fourth-order valence-corrected chi connectivity index (χ4v) is 5.21. The summed E-state index contributed by atoms with van der Waals surface area (Å²) in [5.74, 6) is 1.32. The highest BCUT2D eigenvalue weighted by Crippen LogP contribution is 2.60. The van der Waals surface area contributed by atoms with Gasteiger partial charge >= 0.3 is 0 Å². The normalized spacial score (nSPS) is 15.3. The SMILES string of the molecule is CN1c2nc(-c3cc(Oc4ccnc(C#N)c4)ccc3C#N)ccc2N(CC(C)(C)C)S1(O)O. The average Bonchev–Trinajstić information content (AvgIpc) is 2.98. The summed E-state index contributed by atoms with van der Waals surface area (Å²) in [6.45, 7) is 6.50. The zero-order valence-electron chi connectivity index (χ0n) is 19.2. The second-order valence-corrected chi connectivity index (χ2v) is 11.0. The number of hydrogen-bond donors (Lipinski definition) is 2. The third-order valence-corrected chi connectivity index (χ3v) is 7.00. The van der Waals surface area contributed by atoms with Crippen LogP contribution in [0.3, 0.4) is 0 Å². The summed E-state index contributed by atoms with van der Waals surface area (Å²) in [5.41, 5.74) is 2.10. The Hall–Kier alpha value is -3.83. The Morgan fingerprint density at radius 2 is 1.76 bits per heavy atom. The van der Waals surface area contributed by atoms with Gasteiger partial charge in [-0.2, -0.15) is 10.5 Å². The average molecular weight is 477 g/mol. The lowest BCUT2D eigenvalue weighted by Crippen LogP contribution is -2.36. The Morgan fingerprint density at radius 3 is 2.44 bits per heavy atom. The summed E-state index contributed by atoms with van der Waals surface area (Å²) >= 11 is 0. The van der Waals surface area contributed by atoms with Crippen molar-refractivity contribution in [3.8, 4) is 34.9 Å². The molecule has 174 valence electrons. The van der Waals surface area contributed by atoms with Crippen LogP contribution in [0.25, 0.3) is 11.3 Å². The first-order valence-corrected chi connectivity index (χ1v) is 11.9. The summed E-state index contributed by atoms with van der Waals surface area (Å²) in [6.07, 6.45) is 1.48. The van der Waals surface area contributed by atoms with Crippen LogP contribution in [0.5, 0.6) is 11.5 Å². The molecule has 2 aromatic heterocycles. The number of anilines is 2. The van der Waals surface area contributed by atoms with E-state index >= 15 is 0 Å². The van der Waals surface area contributed by atoms with Crippen molar-refractivity contribution in [3.05, 3.63) is 59.9 Å². The first-order valence-electron chi connectivity index (χ1n) is 10.4. The lowest BCUT2D eigenvalue weighted by molar-refractivity contribution is 0.412. The number of rotatable bonds is 4. The van der Waals surface area contributed by atoms with E-state index in [0.717, 1.165) is 0 Å². The van der Waals surface area contributed by atoms with Crippen molar-refractivity contribution < 1.29 is 13.8 Å². The van der Waals surface area contributed by atoms with E-state index in [1.807, 2.05) is 26.8 Å². The van der Waals surface area contributed by atoms with Gasteiger partial charge in [-0.25, -0.2) is 18.6 Å². The highest BCUT2D eigenvalue weighted by molar-refractivity contribution is 8.26. The highest BCUT2D eigenvalue weighted by atomic mass is 32.3. The molecule has 1 aliphatic heterocycles. The minimum absolute atomic E-state index is 0.178. The number of aromatic nitrogens is 2. The molecule has 0 atom stereocenters. The van der Waals surface area contributed by atoms with Gasteiger partial charge in [-0.15, -0.1) is 0 Å². The van der Waals surface area contributed by atoms with Crippen molar-refractivity contribution in [2.75, 3.05) is 22.2 Å². The van der Waals surface area contributed by atoms with Gasteiger partial charge in [0.1, 0.15) is 28.9 Å². The fourth-order valence-electron chi connectivity index (χ4n) is 3.58. The Bertz CT molecular complexity index is 1340. The summed E-state index contributed by atoms with van der Waals surface area (Å²) in [5, 5.41) is 18.7. The van der Waals surface area contributed by atoms with Crippen LogP contribution < -0.4 is 13.3 Å². The first-order chi connectivity index (χ1) is 16.0. The number of nitrogens with zero attached hydrogens (tertiary/aromatic N) is 6. The molecule has 10 heteroatoms. The molecule has 0 unspecified atom stereocenters. The number of nitriles is 2. The van der Waals surface area contributed by atoms with Gasteiger partial charge in [0.15, 0.2) is 5.82 Å². The van der Waals surface area contributed by atoms with E-state index in [0.29, 0.717) is 46.4 Å². The molecular weight excluding hydrogens is 452 g/mol. The fraction of sp³-hybridized carbons (Fsp3) is 0.250. The predicted molar refractivity (Wildman–Crippen MR) is 131 cm³/mol. The third-order valence-electron chi connectivity index (χ3n) is 5.17. The van der Waals surface area contributed by atoms with Crippen molar-refractivity contribution in [1.29, 1.82) is 10.5 Å². The van der Waals surface area contributed by atoms with Crippen LogP contribution in [-0.4, -0.2) is 32.7 Å². The van der Waals surface area contributed by atoms with Crippen LogP contribution in [0.15, 0.2) is 48.7 Å². The van der Waals surface area contributed by atoms with E-state index in [1.54, 1.807) is 47.8 Å². The number of fused-ring (bicyclic) bond motifs is 1. The zero-order chi connectivity index (χ0) is 24.7. The smallest absolute Gasteiger partial charge is 0.174 e. The standard InChI is InChI=1S/C24H24N6O3S/c1-24(2,3)15-30-22-8-7-21(28-23(22)29(4)34(30,31)32)20-12-18(6-5-16(20)13-25)33-19-9-10-27-17(11-19)14-26/h5-12,31-32H,15H2,1-4H3. The molecule has 2 N–H and O–H groups in total. The number of hydrogen-bond acceptors (Lipinski definition) is 9. The Morgan fingerprint density at radius 1 is 1.03 bits per heavy atom. The van der Waals surface area contributed by atoms with Crippen LogP contribution in [-0.2, 0) is 0 Å². The summed E-state index contributed by atoms with van der Waals surface area (Å²) in [4.78, 5) is 8.62. The minimum atomic E-state index is -3.25. The van der Waals surface area contributed by atoms with Crippen molar-refractivity contribution >= 4 is 22.5 Å². The second kappa shape index (κ2) is 8.50. The zero-order valence-corrected chi connectivity index (χ0v) is 20.0. The van der Waals surface area contributed by atoms with Crippen LogP contribution in [0, 0.1) is 28.1 Å². The van der Waals surface area contributed by atoms with Gasteiger partial charge in [0, 0.05) is 31.4 Å². The van der Waals surface area contributed by atoms with Gasteiger partial charge in [-0.1, -0.05) is 20.8 Å². The van der Waals surface area contributed by atoms with E-state index in [1.165, 1.54) is 16.6 Å². The summed E-state index contributed by atoms with van der Waals surface area (Å²) < 4.78 is 30.6. The van der Waals surface area contributed by atoms with Crippen LogP contribution in [0.1, 0.15) is 32.0 Å². The molecule has 1 aromatic carbocycles. The Kier molecular flexibility index (Phi) is 5.84. The maximum atomic E-state index is 10.9. The van der Waals surface area contributed by atoms with Gasteiger partial charge < -0.3 is 4.74 Å². The monoisotopic (exact) mass is 476 g/mol. The van der Waals surface area contributed by atoms with Gasteiger partial charge in [-0.3, -0.25) is 9.11 Å². The topological polar surface area (TPSA) is 130 Å². The highest BCUT2D eigenvalue weighted by Gasteiger charge is 2.41. The minimum Gasteiger partial charge on any atom is -0.457 e. The van der Waals surface area contributed by atoms with Crippen molar-refractivity contribution in [3.63, 3.8) is 0 Å². The molecule has 0 bridgehead atoms. The summed E-state index contributed by atoms with van der Waals surface area (Å²) in [7, 11) is -1.65. The molecule has 3 heterocycles. The maximum Gasteiger partial charge on any atom is 0.174 e. The predicted octanol–water partition coefficient (Wildman–Crippen LogP) is 5.56. The molecule has 0 fully saturated rings. The number of benzene rings is 1. The third kappa shape index (κ3) is 4.35. The van der Waals surface area contributed by atoms with Crippen molar-refractivity contribution in [2.24, 2.45) is 5.41 Å². The first kappa shape index (κ1) is 23.3. The van der Waals surface area contributed by atoms with E-state index in [9.17, 15) is 14.4 Å². The van der Waals surface area contributed by atoms with Crippen molar-refractivity contribution in [1.82, 2.24) is 9.97 Å². The Labute approximate surface area is 200 Å². The molecule has 0 radical (unpaired) electrons. The van der Waals surface area contributed by atoms with Gasteiger partial charge in [0.05, 0.1) is 17.3 Å². The van der Waals surface area contributed by atoms with Gasteiger partial charge in [0.25, 0.3) is 0 Å². The molecule has 0 saturated carbocycles. The maximum absolute atomic E-state index is 10.9. The molecule has 0 aliphatic carbocycles. The largest absolute Gasteiger partial charge is 0.457 e. The molecule has 3 aromatic rings. The van der Waals surface area contributed by atoms with E-state index < -0.39 is 11.0 Å². The van der Waals surface area contributed by atoms with Crippen LogP contribution in [0.4, 0.5) is 11.5 Å². The molecule has 9 nitrogen and oxygen atoms in total. The second-order valence-electron chi connectivity index (χ2n) is 9.03. The summed E-state index contributed by atoms with van der Waals surface area (Å²) in [6, 6.07) is 15.8. The van der Waals surface area contributed by atoms with E-state index in [-0.39, 0.29) is 11.1 Å². The molecule has 34 heavy (non-hydrogen) atoms. The molecule has 0 saturated heterocycles. The lowest BCUT2D eigenvalue weighted by Gasteiger charge is -2.44. The molecule has 0 spiro atoms. The van der Waals surface area contributed by atoms with Crippen LogP contribution >= 0.6 is 11.0 Å². The molecule has 0 amide bonds. The molecule has 1 aliphatic rings. The van der Waals surface area contributed by atoms with E-state index in [4.69, 9.17) is 10.00 Å². The lowest BCUT2D eigenvalue weighted by atomic mass is 9.97. The molecule has 4 rings (SSSR count). The van der Waals surface area contributed by atoms with E-state index in [2.05, 4.69) is 16.0 Å². The van der Waals surface area contributed by atoms with Crippen LogP contribution in [0.2, 0.25) is 0 Å². The van der Waals surface area contributed by atoms with Crippen molar-refractivity contribution in [2.45, 2.75) is 20.8 Å².